The van der Waals surface area contributed by atoms with Crippen molar-refractivity contribution in [3.8, 4) is 22.5 Å². The molecule has 2 aromatic carbocycles. The molecule has 0 unspecified atom stereocenters. The van der Waals surface area contributed by atoms with Crippen molar-refractivity contribution in [1.82, 2.24) is 30.5 Å². The van der Waals surface area contributed by atoms with Crippen LogP contribution in [0.5, 0.6) is 0 Å². The Bertz CT molecular complexity index is 1770. The van der Waals surface area contributed by atoms with Crippen LogP contribution in [0.4, 0.5) is 15.9 Å². The van der Waals surface area contributed by atoms with E-state index in [0.29, 0.717) is 24.4 Å². The van der Waals surface area contributed by atoms with Gasteiger partial charge in [0.05, 0.1) is 16.4 Å². The summed E-state index contributed by atoms with van der Waals surface area (Å²) in [4.78, 5) is 25.5. The smallest absolute Gasteiger partial charge is 0.267 e. The monoisotopic (exact) mass is 523 g/mol. The molecule has 6 aromatic rings. The van der Waals surface area contributed by atoms with Crippen LogP contribution in [0.2, 0.25) is 0 Å². The van der Waals surface area contributed by atoms with E-state index in [9.17, 15) is 9.18 Å². The van der Waals surface area contributed by atoms with E-state index < -0.39 is 6.17 Å². The lowest BCUT2D eigenvalue weighted by atomic mass is 9.91. The third kappa shape index (κ3) is 4.18. The van der Waals surface area contributed by atoms with Gasteiger partial charge < -0.3 is 15.6 Å². The van der Waals surface area contributed by atoms with Crippen LogP contribution >= 0.6 is 11.3 Å². The zero-order chi connectivity index (χ0) is 25.6. The zero-order valence-electron chi connectivity index (χ0n) is 20.0. The number of H-pyrrole nitrogens is 2. The van der Waals surface area contributed by atoms with Crippen LogP contribution in [0.25, 0.3) is 43.6 Å². The number of alkyl halides is 1. The summed E-state index contributed by atoms with van der Waals surface area (Å²) in [6.45, 7) is 0. The number of nitrogens with zero attached hydrogens (tertiary/aromatic N) is 3. The van der Waals surface area contributed by atoms with Gasteiger partial charge in [-0.2, -0.15) is 5.10 Å². The molecule has 1 fully saturated rings. The van der Waals surface area contributed by atoms with E-state index in [1.807, 2.05) is 66.2 Å². The van der Waals surface area contributed by atoms with Crippen molar-refractivity contribution in [3.63, 3.8) is 0 Å². The normalized spacial score (nSPS) is 17.0. The molecule has 0 radical (unpaired) electrons. The predicted molar refractivity (Wildman–Crippen MR) is 147 cm³/mol. The SMILES string of the molecule is O=C(NC1CC(F)C1)c1cc2ccc(-c3nc(Nc4ccc(-c5cn[nH]c5)cc4)c4sccc4n3)cc2[nH]1. The lowest BCUT2D eigenvalue weighted by Gasteiger charge is -2.30. The highest BCUT2D eigenvalue weighted by molar-refractivity contribution is 7.17. The number of aromatic amines is 2. The molecule has 1 aliphatic carbocycles. The average molecular weight is 524 g/mol. The number of benzene rings is 2. The fourth-order valence-electron chi connectivity index (χ4n) is 4.69. The molecule has 4 N–H and O–H groups in total. The predicted octanol–water partition coefficient (Wildman–Crippen LogP) is 6.20. The number of anilines is 2. The molecule has 188 valence electrons. The fraction of sp³-hybridized carbons (Fsp3) is 0.143. The van der Waals surface area contributed by atoms with Gasteiger partial charge in [-0.3, -0.25) is 9.89 Å². The van der Waals surface area contributed by atoms with E-state index in [-0.39, 0.29) is 11.9 Å². The van der Waals surface area contributed by atoms with Gasteiger partial charge in [0.15, 0.2) is 11.6 Å². The molecule has 1 saturated carbocycles. The van der Waals surface area contributed by atoms with Crippen LogP contribution in [-0.4, -0.2) is 43.3 Å². The number of carbonyl (C=O) groups excluding carboxylic acids is 1. The van der Waals surface area contributed by atoms with Crippen molar-refractivity contribution in [3.05, 3.63) is 78.1 Å². The van der Waals surface area contributed by atoms with Crippen molar-refractivity contribution in [1.29, 1.82) is 0 Å². The average Bonchev–Trinajstić information content (AvgIpc) is 3.68. The zero-order valence-corrected chi connectivity index (χ0v) is 20.8. The number of hydrogen-bond acceptors (Lipinski definition) is 6. The topological polar surface area (TPSA) is 111 Å². The van der Waals surface area contributed by atoms with Gasteiger partial charge >= 0.3 is 0 Å². The Labute approximate surface area is 220 Å². The molecule has 10 heteroatoms. The van der Waals surface area contributed by atoms with E-state index in [4.69, 9.17) is 9.97 Å². The molecule has 38 heavy (non-hydrogen) atoms. The van der Waals surface area contributed by atoms with Gasteiger partial charge in [0.1, 0.15) is 11.9 Å². The van der Waals surface area contributed by atoms with Crippen LogP contribution in [-0.2, 0) is 0 Å². The highest BCUT2D eigenvalue weighted by atomic mass is 32.1. The first-order chi connectivity index (χ1) is 18.6. The quantitative estimate of drug-likeness (QED) is 0.208. The van der Waals surface area contributed by atoms with Crippen molar-refractivity contribution >= 4 is 49.9 Å². The molecule has 0 spiro atoms. The Morgan fingerprint density at radius 2 is 1.84 bits per heavy atom. The molecule has 8 nitrogen and oxygen atoms in total. The fourth-order valence-corrected chi connectivity index (χ4v) is 5.46. The summed E-state index contributed by atoms with van der Waals surface area (Å²) < 4.78 is 14.1. The Morgan fingerprint density at radius 3 is 2.63 bits per heavy atom. The van der Waals surface area contributed by atoms with Crippen molar-refractivity contribution in [2.24, 2.45) is 0 Å². The van der Waals surface area contributed by atoms with E-state index in [1.165, 1.54) is 0 Å². The molecule has 4 aromatic heterocycles. The lowest BCUT2D eigenvalue weighted by molar-refractivity contribution is 0.0856. The maximum absolute atomic E-state index is 13.1. The van der Waals surface area contributed by atoms with E-state index in [1.54, 1.807) is 17.5 Å². The molecule has 0 aliphatic heterocycles. The van der Waals surface area contributed by atoms with Gasteiger partial charge in [-0.25, -0.2) is 14.4 Å². The van der Waals surface area contributed by atoms with E-state index in [0.717, 1.165) is 49.3 Å². The second-order valence-electron chi connectivity index (χ2n) is 9.44. The summed E-state index contributed by atoms with van der Waals surface area (Å²) in [5.41, 5.74) is 5.96. The van der Waals surface area contributed by atoms with Crippen LogP contribution in [0.1, 0.15) is 23.3 Å². The summed E-state index contributed by atoms with van der Waals surface area (Å²) >= 11 is 1.58. The maximum atomic E-state index is 13.1. The van der Waals surface area contributed by atoms with Gasteiger partial charge in [0.2, 0.25) is 0 Å². The Hall–Kier alpha value is -4.57. The molecule has 0 bridgehead atoms. The number of amides is 1. The Morgan fingerprint density at radius 1 is 1.00 bits per heavy atom. The lowest BCUT2D eigenvalue weighted by Crippen LogP contribution is -2.45. The van der Waals surface area contributed by atoms with Gasteiger partial charge in [0.25, 0.3) is 5.91 Å². The maximum Gasteiger partial charge on any atom is 0.267 e. The first-order valence-electron chi connectivity index (χ1n) is 12.3. The molecule has 4 heterocycles. The molecular formula is C28H22FN7OS. The van der Waals surface area contributed by atoms with Gasteiger partial charge in [-0.05, 0) is 54.1 Å². The number of carbonyl (C=O) groups is 1. The second-order valence-corrected chi connectivity index (χ2v) is 10.4. The van der Waals surface area contributed by atoms with Crippen LogP contribution in [0.3, 0.4) is 0 Å². The van der Waals surface area contributed by atoms with Crippen LogP contribution in [0, 0.1) is 0 Å². The number of halogens is 1. The number of thiophene rings is 1. The largest absolute Gasteiger partial charge is 0.351 e. The summed E-state index contributed by atoms with van der Waals surface area (Å²) in [7, 11) is 0. The Balaban J connectivity index is 1.18. The summed E-state index contributed by atoms with van der Waals surface area (Å²) in [6.07, 6.45) is 3.60. The third-order valence-corrected chi connectivity index (χ3v) is 7.73. The minimum absolute atomic E-state index is 0.0991. The minimum Gasteiger partial charge on any atom is -0.351 e. The number of rotatable bonds is 6. The molecule has 1 aliphatic rings. The second kappa shape index (κ2) is 9.07. The van der Waals surface area contributed by atoms with E-state index in [2.05, 4.69) is 25.8 Å². The summed E-state index contributed by atoms with van der Waals surface area (Å²) in [5.74, 6) is 1.09. The Kier molecular flexibility index (Phi) is 5.40. The summed E-state index contributed by atoms with van der Waals surface area (Å²) in [6, 6.07) is 17.6. The third-order valence-electron chi connectivity index (χ3n) is 6.82. The number of hydrogen-bond donors (Lipinski definition) is 4. The van der Waals surface area contributed by atoms with E-state index >= 15 is 0 Å². The first kappa shape index (κ1) is 22.6. The number of fused-ring (bicyclic) bond motifs is 2. The molecule has 7 rings (SSSR count). The highest BCUT2D eigenvalue weighted by Crippen LogP contribution is 2.33. The number of nitrogens with one attached hydrogen (secondary N) is 4. The first-order valence-corrected chi connectivity index (χ1v) is 13.2. The minimum atomic E-state index is -0.813. The van der Waals surface area contributed by atoms with Gasteiger partial charge in [-0.1, -0.05) is 24.3 Å². The highest BCUT2D eigenvalue weighted by Gasteiger charge is 2.30. The van der Waals surface area contributed by atoms with Gasteiger partial charge in [-0.15, -0.1) is 11.3 Å². The standard InChI is InChI=1S/C28H22FN7OS/c29-19-11-21(12-19)33-28(37)24-9-16-1-2-17(10-23(16)34-24)26-35-22-7-8-38-25(22)27(36-26)32-20-5-3-15(4-6-20)18-13-30-31-14-18/h1-10,13-14,19,21,34H,11-12H2,(H,30,31)(H,33,37)(H,32,35,36). The van der Waals surface area contributed by atoms with Gasteiger partial charge in [0, 0.05) is 40.0 Å². The molecule has 0 saturated heterocycles. The van der Waals surface area contributed by atoms with Crippen molar-refractivity contribution < 1.29 is 9.18 Å². The molecular weight excluding hydrogens is 501 g/mol. The van der Waals surface area contributed by atoms with Crippen molar-refractivity contribution in [2.45, 2.75) is 25.1 Å². The van der Waals surface area contributed by atoms with Crippen molar-refractivity contribution in [2.75, 3.05) is 5.32 Å². The molecule has 0 atom stereocenters. The molecule has 1 amide bonds. The summed E-state index contributed by atoms with van der Waals surface area (Å²) in [5, 5.41) is 16.1. The number of aromatic nitrogens is 5. The van der Waals surface area contributed by atoms with Crippen LogP contribution < -0.4 is 10.6 Å². The van der Waals surface area contributed by atoms with Crippen LogP contribution in [0.15, 0.2) is 72.4 Å².